The highest BCUT2D eigenvalue weighted by atomic mass is 16.5. The van der Waals surface area contributed by atoms with E-state index in [-0.39, 0.29) is 13.0 Å². The van der Waals surface area contributed by atoms with Crippen LogP contribution >= 0.6 is 0 Å². The number of hydrogen-bond donors (Lipinski definition) is 1. The minimum absolute atomic E-state index is 0.187. The molecule has 1 atom stereocenters. The van der Waals surface area contributed by atoms with Gasteiger partial charge in [0.05, 0.1) is 25.7 Å². The maximum atomic E-state index is 11.7. The van der Waals surface area contributed by atoms with Gasteiger partial charge in [-0.25, -0.2) is 4.79 Å². The first kappa shape index (κ1) is 16.1. The van der Waals surface area contributed by atoms with Gasteiger partial charge in [-0.3, -0.25) is 9.59 Å². The summed E-state index contributed by atoms with van der Waals surface area (Å²) >= 11 is 0. The summed E-state index contributed by atoms with van der Waals surface area (Å²) in [5.74, 6) is -3.19. The minimum atomic E-state index is -0.895. The van der Waals surface area contributed by atoms with E-state index in [0.717, 1.165) is 13.2 Å². The summed E-state index contributed by atoms with van der Waals surface area (Å²) in [6, 6.07) is 0. The molecule has 0 aromatic rings. The predicted octanol–water partition coefficient (Wildman–Crippen LogP) is 1.15. The largest absolute Gasteiger partial charge is 0.511 e. The van der Waals surface area contributed by atoms with Crippen molar-refractivity contribution in [1.82, 2.24) is 0 Å². The average Bonchev–Trinajstić information content (AvgIpc) is 2.29. The molecule has 0 aliphatic heterocycles. The van der Waals surface area contributed by atoms with Gasteiger partial charge in [-0.15, -0.1) is 0 Å². The average molecular weight is 258 g/mol. The molecule has 6 nitrogen and oxygen atoms in total. The number of carbonyl (C=O) groups is 3. The Morgan fingerprint density at radius 1 is 1.28 bits per heavy atom. The fourth-order valence-corrected chi connectivity index (χ4v) is 1.36. The van der Waals surface area contributed by atoms with Gasteiger partial charge >= 0.3 is 11.9 Å². The van der Waals surface area contributed by atoms with Crippen LogP contribution in [0.25, 0.3) is 0 Å². The number of rotatable bonds is 7. The lowest BCUT2D eigenvalue weighted by Gasteiger charge is -2.12. The van der Waals surface area contributed by atoms with Crippen LogP contribution in [0.3, 0.4) is 0 Å². The first-order valence-corrected chi connectivity index (χ1v) is 5.63. The third-order valence-corrected chi connectivity index (χ3v) is 2.24. The molecule has 0 aromatic carbocycles. The Balaban J connectivity index is 4.67. The molecule has 0 saturated heterocycles. The van der Waals surface area contributed by atoms with Crippen LogP contribution in [0.5, 0.6) is 0 Å². The predicted molar refractivity (Wildman–Crippen MR) is 62.8 cm³/mol. The molecule has 0 aliphatic rings. The monoisotopic (exact) mass is 258 g/mol. The number of aliphatic hydroxyl groups excluding tert-OH is 1. The molecular formula is C12H18O6. The highest BCUT2D eigenvalue weighted by Crippen LogP contribution is 2.16. The van der Waals surface area contributed by atoms with Crippen molar-refractivity contribution in [2.75, 3.05) is 13.7 Å². The number of ether oxygens (including phenoxy) is 2. The van der Waals surface area contributed by atoms with Crippen molar-refractivity contribution >= 4 is 17.7 Å². The molecule has 0 fully saturated rings. The van der Waals surface area contributed by atoms with Gasteiger partial charge in [0, 0.05) is 0 Å². The first-order valence-electron chi connectivity index (χ1n) is 5.63. The van der Waals surface area contributed by atoms with Gasteiger partial charge in [-0.1, -0.05) is 6.92 Å². The van der Waals surface area contributed by atoms with Crippen LogP contribution in [0.4, 0.5) is 0 Å². The molecule has 0 heterocycles. The molecule has 0 aliphatic carbocycles. The zero-order valence-corrected chi connectivity index (χ0v) is 10.8. The first-order chi connectivity index (χ1) is 8.46. The molecule has 1 N–H and O–H groups in total. The molecule has 102 valence electrons. The van der Waals surface area contributed by atoms with Crippen molar-refractivity contribution < 1.29 is 29.0 Å². The van der Waals surface area contributed by atoms with Crippen molar-refractivity contribution in [3.8, 4) is 0 Å². The summed E-state index contributed by atoms with van der Waals surface area (Å²) in [4.78, 5) is 33.8. The van der Waals surface area contributed by atoms with E-state index in [2.05, 4.69) is 9.47 Å². The van der Waals surface area contributed by atoms with Crippen LogP contribution in [-0.4, -0.2) is 36.5 Å². The molecule has 0 aromatic heterocycles. The smallest absolute Gasteiger partial charge is 0.333 e. The number of carbonyl (C=O) groups excluding carboxylic acids is 3. The molecule has 6 heteroatoms. The maximum Gasteiger partial charge on any atom is 0.333 e. The Kier molecular flexibility index (Phi) is 7.42. The van der Waals surface area contributed by atoms with E-state index in [1.165, 1.54) is 0 Å². The van der Waals surface area contributed by atoms with E-state index in [1.54, 1.807) is 13.8 Å². The second-order valence-corrected chi connectivity index (χ2v) is 3.50. The second-order valence-electron chi connectivity index (χ2n) is 3.50. The number of aliphatic hydroxyl groups is 1. The molecule has 0 bridgehead atoms. The third-order valence-electron chi connectivity index (χ3n) is 2.24. The molecule has 0 radical (unpaired) electrons. The summed E-state index contributed by atoms with van der Waals surface area (Å²) in [7, 11) is 1.16. The SMILES string of the molecule is CCOC(=O)CC(=O)C(CC)/C(O)=C/C(=O)OC. The topological polar surface area (TPSA) is 89.9 Å². The van der Waals surface area contributed by atoms with Crippen molar-refractivity contribution in [3.05, 3.63) is 11.8 Å². The van der Waals surface area contributed by atoms with Gasteiger partial charge in [0.15, 0.2) is 5.78 Å². The molecule has 1 unspecified atom stereocenters. The van der Waals surface area contributed by atoms with Crippen LogP contribution in [0.1, 0.15) is 26.7 Å². The lowest BCUT2D eigenvalue weighted by molar-refractivity contribution is -0.146. The summed E-state index contributed by atoms with van der Waals surface area (Å²) in [6.07, 6.45) is 0.681. The lowest BCUT2D eigenvalue weighted by atomic mass is 9.96. The van der Waals surface area contributed by atoms with Crippen LogP contribution in [0.15, 0.2) is 11.8 Å². The fourth-order valence-electron chi connectivity index (χ4n) is 1.36. The van der Waals surface area contributed by atoms with E-state index in [0.29, 0.717) is 0 Å². The summed E-state index contributed by atoms with van der Waals surface area (Å²) in [5, 5.41) is 9.61. The summed E-state index contributed by atoms with van der Waals surface area (Å²) in [5.41, 5.74) is 0. The van der Waals surface area contributed by atoms with Crippen LogP contribution < -0.4 is 0 Å². The number of hydrogen-bond acceptors (Lipinski definition) is 6. The second kappa shape index (κ2) is 8.27. The molecule has 18 heavy (non-hydrogen) atoms. The van der Waals surface area contributed by atoms with Crippen molar-refractivity contribution in [3.63, 3.8) is 0 Å². The highest BCUT2D eigenvalue weighted by Gasteiger charge is 2.24. The normalized spacial score (nSPS) is 12.7. The number of ketones is 1. The Bertz CT molecular complexity index is 344. The Hall–Kier alpha value is -1.85. The Morgan fingerprint density at radius 3 is 2.33 bits per heavy atom. The van der Waals surface area contributed by atoms with Gasteiger partial charge in [0.2, 0.25) is 0 Å². The molecule has 0 saturated carbocycles. The Labute approximate surface area is 106 Å². The van der Waals surface area contributed by atoms with Gasteiger partial charge in [0.1, 0.15) is 12.2 Å². The van der Waals surface area contributed by atoms with Crippen LogP contribution in [0, 0.1) is 5.92 Å². The van der Waals surface area contributed by atoms with Gasteiger partial charge < -0.3 is 14.6 Å². The number of Topliss-reactive ketones (excluding diaryl/α,β-unsaturated/α-hetero) is 1. The molecule has 0 spiro atoms. The zero-order valence-electron chi connectivity index (χ0n) is 10.8. The van der Waals surface area contributed by atoms with Gasteiger partial charge in [-0.2, -0.15) is 0 Å². The van der Waals surface area contributed by atoms with E-state index in [1.807, 2.05) is 0 Å². The quantitative estimate of drug-likeness (QED) is 0.319. The number of allylic oxidation sites excluding steroid dienone is 1. The number of esters is 2. The maximum absolute atomic E-state index is 11.7. The van der Waals surface area contributed by atoms with Gasteiger partial charge in [-0.05, 0) is 13.3 Å². The standard InChI is InChI=1S/C12H18O6/c1-4-8(9(13)6-11(15)17-3)10(14)7-12(16)18-5-2/h6,8,13H,4-5,7H2,1-3H3/b9-6-. The van der Waals surface area contributed by atoms with Crippen molar-refractivity contribution in [1.29, 1.82) is 0 Å². The van der Waals surface area contributed by atoms with E-state index >= 15 is 0 Å². The van der Waals surface area contributed by atoms with Crippen molar-refractivity contribution in [2.45, 2.75) is 26.7 Å². The molecular weight excluding hydrogens is 240 g/mol. The van der Waals surface area contributed by atoms with E-state index in [4.69, 9.17) is 0 Å². The van der Waals surface area contributed by atoms with Crippen LogP contribution in [0.2, 0.25) is 0 Å². The lowest BCUT2D eigenvalue weighted by Crippen LogP contribution is -2.21. The molecule has 0 amide bonds. The van der Waals surface area contributed by atoms with Gasteiger partial charge in [0.25, 0.3) is 0 Å². The summed E-state index contributed by atoms with van der Waals surface area (Å²) < 4.78 is 8.97. The van der Waals surface area contributed by atoms with Crippen molar-refractivity contribution in [2.24, 2.45) is 5.92 Å². The summed E-state index contributed by atoms with van der Waals surface area (Å²) in [6.45, 7) is 3.48. The van der Waals surface area contributed by atoms with Crippen LogP contribution in [-0.2, 0) is 23.9 Å². The molecule has 0 rings (SSSR count). The minimum Gasteiger partial charge on any atom is -0.511 e. The highest BCUT2D eigenvalue weighted by molar-refractivity contribution is 5.98. The van der Waals surface area contributed by atoms with E-state index in [9.17, 15) is 19.5 Å². The Morgan fingerprint density at radius 2 is 1.89 bits per heavy atom. The van der Waals surface area contributed by atoms with E-state index < -0.39 is 35.8 Å². The number of methoxy groups -OCH3 is 1. The fraction of sp³-hybridized carbons (Fsp3) is 0.583. The third kappa shape index (κ3) is 5.47. The zero-order chi connectivity index (χ0) is 14.1.